The topological polar surface area (TPSA) is 63.4 Å². The average molecular weight is 442 g/mol. The van der Waals surface area contributed by atoms with Gasteiger partial charge in [-0.3, -0.25) is 9.20 Å². The van der Waals surface area contributed by atoms with E-state index in [1.807, 2.05) is 19.9 Å². The number of carbonyl (C=O) groups is 1. The lowest BCUT2D eigenvalue weighted by Crippen LogP contribution is -2.11. The molecule has 0 fully saturated rings. The van der Waals surface area contributed by atoms with Crippen molar-refractivity contribution in [2.45, 2.75) is 40.2 Å². The summed E-state index contributed by atoms with van der Waals surface area (Å²) in [4.78, 5) is 28.7. The number of benzene rings is 1. The van der Waals surface area contributed by atoms with E-state index in [9.17, 15) is 4.79 Å². The molecule has 4 aromatic rings. The first-order valence-corrected chi connectivity index (χ1v) is 11.4. The van der Waals surface area contributed by atoms with Gasteiger partial charge in [0.1, 0.15) is 17.3 Å². The number of fused-ring (bicyclic) bond motifs is 1. The normalized spacial score (nSPS) is 11.6. The Morgan fingerprint density at radius 2 is 1.82 bits per heavy atom. The predicted molar refractivity (Wildman–Crippen MR) is 132 cm³/mol. The van der Waals surface area contributed by atoms with E-state index in [0.717, 1.165) is 34.8 Å². The van der Waals surface area contributed by atoms with Crippen molar-refractivity contribution >= 4 is 11.4 Å². The Labute approximate surface area is 195 Å². The van der Waals surface area contributed by atoms with Crippen LogP contribution in [-0.2, 0) is 17.8 Å². The molecule has 0 atom stereocenters. The Kier molecular flexibility index (Phi) is 6.65. The van der Waals surface area contributed by atoms with Crippen molar-refractivity contribution in [1.82, 2.24) is 24.3 Å². The van der Waals surface area contributed by atoms with E-state index in [-0.39, 0.29) is 12.2 Å². The maximum Gasteiger partial charge on any atom is 0.140 e. The number of hydrogen-bond acceptors (Lipinski definition) is 5. The van der Waals surface area contributed by atoms with Crippen molar-refractivity contribution < 1.29 is 4.79 Å². The lowest BCUT2D eigenvalue weighted by atomic mass is 10.0. The van der Waals surface area contributed by atoms with Crippen molar-refractivity contribution in [3.63, 3.8) is 0 Å². The van der Waals surface area contributed by atoms with Gasteiger partial charge < -0.3 is 4.90 Å². The van der Waals surface area contributed by atoms with Crippen LogP contribution in [0.25, 0.3) is 28.3 Å². The summed E-state index contributed by atoms with van der Waals surface area (Å²) in [7, 11) is 4.11. The van der Waals surface area contributed by atoms with E-state index < -0.39 is 0 Å². The molecule has 33 heavy (non-hydrogen) atoms. The van der Waals surface area contributed by atoms with Gasteiger partial charge >= 0.3 is 0 Å². The van der Waals surface area contributed by atoms with Crippen molar-refractivity contribution in [2.75, 3.05) is 14.1 Å². The van der Waals surface area contributed by atoms with Gasteiger partial charge in [0.2, 0.25) is 0 Å². The molecule has 0 bridgehead atoms. The molecule has 6 heteroatoms. The van der Waals surface area contributed by atoms with Crippen LogP contribution in [0.3, 0.4) is 0 Å². The molecule has 0 aliphatic rings. The van der Waals surface area contributed by atoms with Gasteiger partial charge in [-0.25, -0.2) is 15.0 Å². The molecule has 1 aromatic carbocycles. The number of rotatable bonds is 8. The maximum atomic E-state index is 12.4. The van der Waals surface area contributed by atoms with Crippen LogP contribution in [0.1, 0.15) is 37.2 Å². The van der Waals surface area contributed by atoms with Crippen LogP contribution in [-0.4, -0.2) is 44.1 Å². The molecule has 0 spiro atoms. The molecule has 0 amide bonds. The predicted octanol–water partition coefficient (Wildman–Crippen LogP) is 4.99. The van der Waals surface area contributed by atoms with Crippen molar-refractivity contribution in [3.05, 3.63) is 71.8 Å². The maximum absolute atomic E-state index is 12.4. The van der Waals surface area contributed by atoms with Gasteiger partial charge in [0.15, 0.2) is 0 Å². The Bertz CT molecular complexity index is 1270. The van der Waals surface area contributed by atoms with Gasteiger partial charge in [0.05, 0.1) is 23.5 Å². The molecule has 0 saturated heterocycles. The van der Waals surface area contributed by atoms with Crippen LogP contribution >= 0.6 is 0 Å². The summed E-state index contributed by atoms with van der Waals surface area (Å²) in [5, 5.41) is 0. The van der Waals surface area contributed by atoms with Gasteiger partial charge in [-0.2, -0.15) is 0 Å². The first-order valence-electron chi connectivity index (χ1n) is 11.4. The highest BCUT2D eigenvalue weighted by atomic mass is 16.1. The van der Waals surface area contributed by atoms with Crippen LogP contribution in [0.5, 0.6) is 0 Å². The molecule has 3 aromatic heterocycles. The van der Waals surface area contributed by atoms with Crippen LogP contribution in [0.4, 0.5) is 0 Å². The first-order chi connectivity index (χ1) is 15.8. The molecule has 0 saturated carbocycles. The highest BCUT2D eigenvalue weighted by Crippen LogP contribution is 2.32. The highest BCUT2D eigenvalue weighted by Gasteiger charge is 2.19. The number of ketones is 1. The summed E-state index contributed by atoms with van der Waals surface area (Å²) in [6, 6.07) is 14.5. The molecule has 0 aliphatic carbocycles. The monoisotopic (exact) mass is 441 g/mol. The minimum atomic E-state index is 0.160. The fourth-order valence-corrected chi connectivity index (χ4v) is 4.03. The number of aryl methyl sites for hydroxylation is 1. The van der Waals surface area contributed by atoms with Gasteiger partial charge in [-0.05, 0) is 50.7 Å². The molecule has 170 valence electrons. The molecule has 4 rings (SSSR count). The van der Waals surface area contributed by atoms with Crippen molar-refractivity contribution in [2.24, 2.45) is 5.92 Å². The number of hydrogen-bond donors (Lipinski definition) is 0. The Hall–Kier alpha value is -3.38. The second kappa shape index (κ2) is 9.63. The Balaban J connectivity index is 1.83. The quantitative estimate of drug-likeness (QED) is 0.386. The molecular weight excluding hydrogens is 410 g/mol. The molecule has 0 radical (unpaired) electrons. The number of Topliss-reactive ketones (excluding diaryl/α,β-unsaturated/α-hetero) is 1. The molecule has 0 N–H and O–H groups in total. The molecular formula is C27H31N5O. The van der Waals surface area contributed by atoms with Crippen LogP contribution in [0.2, 0.25) is 0 Å². The van der Waals surface area contributed by atoms with E-state index in [1.54, 1.807) is 6.20 Å². The molecule has 0 unspecified atom stereocenters. The number of nitrogens with zero attached hydrogens (tertiary/aromatic N) is 5. The van der Waals surface area contributed by atoms with Crippen molar-refractivity contribution in [1.29, 1.82) is 0 Å². The lowest BCUT2D eigenvalue weighted by Gasteiger charge is -2.10. The van der Waals surface area contributed by atoms with Gasteiger partial charge in [0, 0.05) is 30.9 Å². The van der Waals surface area contributed by atoms with Gasteiger partial charge in [0.25, 0.3) is 0 Å². The number of pyridine rings is 1. The summed E-state index contributed by atoms with van der Waals surface area (Å²) in [5.74, 6) is 1.03. The summed E-state index contributed by atoms with van der Waals surface area (Å²) in [6.45, 7) is 7.01. The lowest BCUT2D eigenvalue weighted by molar-refractivity contribution is -0.119. The van der Waals surface area contributed by atoms with Crippen LogP contribution < -0.4 is 0 Å². The fraction of sp³-hybridized carbons (Fsp3) is 0.333. The van der Waals surface area contributed by atoms with E-state index >= 15 is 0 Å². The Morgan fingerprint density at radius 1 is 1.06 bits per heavy atom. The van der Waals surface area contributed by atoms with E-state index in [1.165, 1.54) is 11.1 Å². The number of aromatic nitrogens is 4. The minimum Gasteiger partial charge on any atom is -0.305 e. The zero-order chi connectivity index (χ0) is 23.5. The summed E-state index contributed by atoms with van der Waals surface area (Å²) in [5.41, 5.74) is 6.84. The fourth-order valence-electron chi connectivity index (χ4n) is 4.03. The highest BCUT2D eigenvalue weighted by molar-refractivity contribution is 5.82. The van der Waals surface area contributed by atoms with E-state index in [0.29, 0.717) is 18.2 Å². The average Bonchev–Trinajstić information content (AvgIpc) is 3.12. The van der Waals surface area contributed by atoms with Gasteiger partial charge in [-0.1, -0.05) is 43.7 Å². The smallest absolute Gasteiger partial charge is 0.140 e. The third-order valence-corrected chi connectivity index (χ3v) is 5.45. The van der Waals surface area contributed by atoms with Crippen molar-refractivity contribution in [3.8, 4) is 22.6 Å². The zero-order valence-electron chi connectivity index (χ0n) is 20.0. The third-order valence-electron chi connectivity index (χ3n) is 5.45. The molecule has 3 heterocycles. The number of carbonyl (C=O) groups excluding carboxylic acids is 1. The summed E-state index contributed by atoms with van der Waals surface area (Å²) < 4.78 is 2.08. The van der Waals surface area contributed by atoms with E-state index in [4.69, 9.17) is 9.97 Å². The zero-order valence-corrected chi connectivity index (χ0v) is 20.0. The standard InChI is InChI=1S/C27H31N5O/c1-18(2)14-22(33)16-24-28-12-10-23(29-24)27-26(21-8-6-19(3)7-9-21)30-25-15-20(17-31(4)5)11-13-32(25)27/h6-13,15,18H,14,16-17H2,1-5H3. The second-order valence-corrected chi connectivity index (χ2v) is 9.35. The SMILES string of the molecule is Cc1ccc(-c2nc3cc(CN(C)C)ccn3c2-c2ccnc(CC(=O)CC(C)C)n2)cc1. The minimum absolute atomic E-state index is 0.160. The van der Waals surface area contributed by atoms with Crippen LogP contribution in [0.15, 0.2) is 54.9 Å². The van der Waals surface area contributed by atoms with Crippen LogP contribution in [0, 0.1) is 12.8 Å². The third kappa shape index (κ3) is 5.34. The second-order valence-electron chi connectivity index (χ2n) is 9.35. The van der Waals surface area contributed by atoms with E-state index in [2.05, 4.69) is 77.9 Å². The summed E-state index contributed by atoms with van der Waals surface area (Å²) >= 11 is 0. The first kappa shape index (κ1) is 22.8. The molecule has 6 nitrogen and oxygen atoms in total. The molecule has 0 aliphatic heterocycles. The number of imidazole rings is 1. The largest absolute Gasteiger partial charge is 0.305 e. The van der Waals surface area contributed by atoms with Gasteiger partial charge in [-0.15, -0.1) is 0 Å². The summed E-state index contributed by atoms with van der Waals surface area (Å²) in [6.07, 6.45) is 4.57. The Morgan fingerprint density at radius 3 is 2.52 bits per heavy atom.